The molecular weight excluding hydrogens is 420 g/mol. The van der Waals surface area contributed by atoms with E-state index in [-0.39, 0.29) is 23.5 Å². The van der Waals surface area contributed by atoms with Crippen molar-refractivity contribution in [3.05, 3.63) is 68.6 Å². The van der Waals surface area contributed by atoms with Gasteiger partial charge in [-0.25, -0.2) is 19.9 Å². The quantitative estimate of drug-likeness (QED) is 0.486. The first-order valence-corrected chi connectivity index (χ1v) is 10.6. The summed E-state index contributed by atoms with van der Waals surface area (Å²) in [6.45, 7) is 3.54. The minimum Gasteiger partial charge on any atom is -0.306 e. The Morgan fingerprint density at radius 2 is 1.30 bits per heavy atom. The van der Waals surface area contributed by atoms with Crippen LogP contribution in [0.25, 0.3) is 11.4 Å². The number of aromatic nitrogens is 4. The molecule has 2 amide bonds. The second-order valence-corrected chi connectivity index (χ2v) is 7.98. The molecule has 0 saturated heterocycles. The number of nitrogens with one attached hydrogen (secondary N) is 2. The van der Waals surface area contributed by atoms with Crippen LogP contribution in [-0.2, 0) is 0 Å². The molecule has 4 aromatic rings. The topological polar surface area (TPSA) is 110 Å². The summed E-state index contributed by atoms with van der Waals surface area (Å²) in [5.74, 6) is 0.299. The van der Waals surface area contributed by atoms with E-state index in [1.807, 2.05) is 30.3 Å². The fourth-order valence-electron chi connectivity index (χ4n) is 2.68. The minimum atomic E-state index is -0.316. The summed E-state index contributed by atoms with van der Waals surface area (Å²) < 4.78 is 0. The minimum absolute atomic E-state index is 0.276. The maximum absolute atomic E-state index is 12.6. The zero-order valence-corrected chi connectivity index (χ0v) is 17.7. The van der Waals surface area contributed by atoms with E-state index in [0.29, 0.717) is 27.0 Å². The Morgan fingerprint density at radius 1 is 0.800 bits per heavy atom. The average Bonchev–Trinajstić information content (AvgIpc) is 3.36. The van der Waals surface area contributed by atoms with Gasteiger partial charge < -0.3 is 10.6 Å². The normalized spacial score (nSPS) is 10.6. The third-order valence-corrected chi connectivity index (χ3v) is 6.00. The number of aryl methyl sites for hydroxylation is 2. The van der Waals surface area contributed by atoms with Crippen molar-refractivity contribution in [2.75, 3.05) is 10.6 Å². The van der Waals surface area contributed by atoms with Crippen LogP contribution in [0.15, 0.2) is 47.4 Å². The highest BCUT2D eigenvalue weighted by Crippen LogP contribution is 2.23. The first-order valence-electron chi connectivity index (χ1n) is 8.88. The molecule has 3 aromatic heterocycles. The number of thiazole rings is 2. The molecule has 0 aliphatic carbocycles. The standard InChI is InChI=1S/C20H16N6O2S2/c1-11-16(29-9-21-11)19(27)25-14-8-15(26-20(28)17-12(2)22-10-30-17)24-18(23-14)13-6-4-3-5-7-13/h3-10H,1-2H3,(H2,23,24,25,26,27,28). The van der Waals surface area contributed by atoms with Crippen molar-refractivity contribution in [3.63, 3.8) is 0 Å². The highest BCUT2D eigenvalue weighted by atomic mass is 32.1. The summed E-state index contributed by atoms with van der Waals surface area (Å²) >= 11 is 2.50. The highest BCUT2D eigenvalue weighted by molar-refractivity contribution is 7.12. The molecule has 0 saturated carbocycles. The summed E-state index contributed by atoms with van der Waals surface area (Å²) in [6.07, 6.45) is 0. The van der Waals surface area contributed by atoms with Gasteiger partial charge in [0.25, 0.3) is 11.8 Å². The first kappa shape index (κ1) is 19.8. The molecule has 1 aromatic carbocycles. The zero-order chi connectivity index (χ0) is 21.1. The number of hydrogen-bond donors (Lipinski definition) is 2. The van der Waals surface area contributed by atoms with Crippen molar-refractivity contribution in [3.8, 4) is 11.4 Å². The van der Waals surface area contributed by atoms with E-state index < -0.39 is 0 Å². The maximum Gasteiger partial charge on any atom is 0.268 e. The van der Waals surface area contributed by atoms with Crippen molar-refractivity contribution >= 4 is 46.1 Å². The number of benzene rings is 1. The van der Waals surface area contributed by atoms with Gasteiger partial charge in [-0.3, -0.25) is 9.59 Å². The van der Waals surface area contributed by atoms with Crippen LogP contribution >= 0.6 is 22.7 Å². The highest BCUT2D eigenvalue weighted by Gasteiger charge is 2.17. The zero-order valence-electron chi connectivity index (χ0n) is 16.0. The van der Waals surface area contributed by atoms with E-state index in [2.05, 4.69) is 30.6 Å². The Morgan fingerprint density at radius 3 is 1.73 bits per heavy atom. The molecule has 0 unspecified atom stereocenters. The van der Waals surface area contributed by atoms with Gasteiger partial charge in [0.2, 0.25) is 0 Å². The molecule has 0 aliphatic heterocycles. The monoisotopic (exact) mass is 436 g/mol. The van der Waals surface area contributed by atoms with E-state index in [1.54, 1.807) is 24.9 Å². The first-order chi connectivity index (χ1) is 14.5. The third kappa shape index (κ3) is 4.24. The summed E-state index contributed by atoms with van der Waals surface area (Å²) in [4.78, 5) is 43.3. The number of carbonyl (C=O) groups excluding carboxylic acids is 2. The van der Waals surface area contributed by atoms with Crippen LogP contribution in [0.5, 0.6) is 0 Å². The van der Waals surface area contributed by atoms with Gasteiger partial charge in [0.1, 0.15) is 21.4 Å². The lowest BCUT2D eigenvalue weighted by atomic mass is 10.2. The van der Waals surface area contributed by atoms with Gasteiger partial charge in [0, 0.05) is 11.6 Å². The fourth-order valence-corrected chi connectivity index (χ4v) is 4.07. The van der Waals surface area contributed by atoms with Crippen LogP contribution in [-0.4, -0.2) is 31.8 Å². The van der Waals surface area contributed by atoms with Crippen molar-refractivity contribution < 1.29 is 9.59 Å². The Kier molecular flexibility index (Phi) is 5.59. The van der Waals surface area contributed by atoms with Gasteiger partial charge in [-0.15, -0.1) is 22.7 Å². The summed E-state index contributed by atoms with van der Waals surface area (Å²) in [6, 6.07) is 10.8. The molecule has 0 spiro atoms. The van der Waals surface area contributed by atoms with Crippen LogP contribution in [0.4, 0.5) is 11.6 Å². The summed E-state index contributed by atoms with van der Waals surface area (Å²) in [7, 11) is 0. The van der Waals surface area contributed by atoms with Gasteiger partial charge in [-0.2, -0.15) is 0 Å². The number of hydrogen-bond acceptors (Lipinski definition) is 8. The van der Waals surface area contributed by atoms with Crippen LogP contribution < -0.4 is 10.6 Å². The van der Waals surface area contributed by atoms with Crippen molar-refractivity contribution in [2.24, 2.45) is 0 Å². The van der Waals surface area contributed by atoms with Gasteiger partial charge in [-0.1, -0.05) is 30.3 Å². The second-order valence-electron chi connectivity index (χ2n) is 6.27. The lowest BCUT2D eigenvalue weighted by molar-refractivity contribution is 0.102. The van der Waals surface area contributed by atoms with Crippen LogP contribution in [0, 0.1) is 13.8 Å². The second kappa shape index (κ2) is 8.47. The van der Waals surface area contributed by atoms with E-state index in [9.17, 15) is 9.59 Å². The molecule has 0 bridgehead atoms. The lowest BCUT2D eigenvalue weighted by Gasteiger charge is -2.10. The maximum atomic E-state index is 12.6. The Labute approximate surface area is 180 Å². The van der Waals surface area contributed by atoms with Crippen molar-refractivity contribution in [1.29, 1.82) is 0 Å². The van der Waals surface area contributed by atoms with Gasteiger partial charge in [0.15, 0.2) is 5.82 Å². The molecule has 150 valence electrons. The molecule has 10 heteroatoms. The van der Waals surface area contributed by atoms with Gasteiger partial charge >= 0.3 is 0 Å². The third-order valence-electron chi connectivity index (χ3n) is 4.14. The van der Waals surface area contributed by atoms with Crippen LogP contribution in [0.2, 0.25) is 0 Å². The molecule has 2 N–H and O–H groups in total. The Bertz CT molecular complexity index is 1150. The molecular formula is C20H16N6O2S2. The van der Waals surface area contributed by atoms with E-state index >= 15 is 0 Å². The van der Waals surface area contributed by atoms with Crippen LogP contribution in [0.3, 0.4) is 0 Å². The molecule has 0 fully saturated rings. The lowest BCUT2D eigenvalue weighted by Crippen LogP contribution is -2.16. The fraction of sp³-hybridized carbons (Fsp3) is 0.100. The number of carbonyl (C=O) groups is 2. The Hall–Kier alpha value is -3.50. The number of anilines is 2. The molecule has 30 heavy (non-hydrogen) atoms. The predicted molar refractivity (Wildman–Crippen MR) is 117 cm³/mol. The molecule has 0 radical (unpaired) electrons. The predicted octanol–water partition coefficient (Wildman–Crippen LogP) is 4.18. The smallest absolute Gasteiger partial charge is 0.268 e. The molecule has 3 heterocycles. The number of nitrogens with zero attached hydrogens (tertiary/aromatic N) is 4. The average molecular weight is 437 g/mol. The summed E-state index contributed by atoms with van der Waals surface area (Å²) in [5, 5.41) is 5.55. The molecule has 4 rings (SSSR count). The van der Waals surface area contributed by atoms with E-state index in [4.69, 9.17) is 0 Å². The Balaban J connectivity index is 1.68. The van der Waals surface area contributed by atoms with Crippen molar-refractivity contribution in [2.45, 2.75) is 13.8 Å². The summed E-state index contributed by atoms with van der Waals surface area (Å²) in [5.41, 5.74) is 5.27. The molecule has 8 nitrogen and oxygen atoms in total. The SMILES string of the molecule is Cc1ncsc1C(=O)Nc1cc(NC(=O)c2scnc2C)nc(-c2ccccc2)n1. The van der Waals surface area contributed by atoms with Gasteiger partial charge in [0.05, 0.1) is 22.4 Å². The number of amides is 2. The van der Waals surface area contributed by atoms with Gasteiger partial charge in [-0.05, 0) is 13.8 Å². The largest absolute Gasteiger partial charge is 0.306 e. The molecule has 0 atom stereocenters. The number of rotatable bonds is 5. The molecule has 0 aliphatic rings. The van der Waals surface area contributed by atoms with Crippen molar-refractivity contribution in [1.82, 2.24) is 19.9 Å². The van der Waals surface area contributed by atoms with E-state index in [1.165, 1.54) is 28.7 Å². The van der Waals surface area contributed by atoms with Crippen LogP contribution in [0.1, 0.15) is 30.7 Å². The van der Waals surface area contributed by atoms with E-state index in [0.717, 1.165) is 5.56 Å².